The van der Waals surface area contributed by atoms with Crippen LogP contribution in [0.4, 0.5) is 13.2 Å². The van der Waals surface area contributed by atoms with Crippen LogP contribution in [0.25, 0.3) is 0 Å². The van der Waals surface area contributed by atoms with Crippen molar-refractivity contribution in [3.05, 3.63) is 65.2 Å². The zero-order chi connectivity index (χ0) is 16.9. The molecule has 0 radical (unpaired) electrons. The van der Waals surface area contributed by atoms with Crippen LogP contribution in [-0.2, 0) is 17.5 Å². The fourth-order valence-electron chi connectivity index (χ4n) is 1.87. The summed E-state index contributed by atoms with van der Waals surface area (Å²) in [5, 5.41) is 2.65. The van der Waals surface area contributed by atoms with Gasteiger partial charge < -0.3 is 10.1 Å². The highest BCUT2D eigenvalue weighted by atomic mass is 19.4. The van der Waals surface area contributed by atoms with E-state index in [1.165, 1.54) is 12.1 Å². The summed E-state index contributed by atoms with van der Waals surface area (Å²) in [5.74, 6) is -0.395. The number of nitrogens with one attached hydrogen (secondary N) is 1. The van der Waals surface area contributed by atoms with Crippen LogP contribution in [-0.4, -0.2) is 12.5 Å². The van der Waals surface area contributed by atoms with E-state index >= 15 is 0 Å². The van der Waals surface area contributed by atoms with Crippen molar-refractivity contribution < 1.29 is 22.7 Å². The van der Waals surface area contributed by atoms with Crippen LogP contribution in [0.5, 0.6) is 5.75 Å². The lowest BCUT2D eigenvalue weighted by molar-refractivity contribution is -0.137. The number of hydrogen-bond donors (Lipinski definition) is 1. The van der Waals surface area contributed by atoms with Gasteiger partial charge in [-0.05, 0) is 30.7 Å². The van der Waals surface area contributed by atoms with Gasteiger partial charge in [-0.3, -0.25) is 4.79 Å². The Hall–Kier alpha value is -2.50. The van der Waals surface area contributed by atoms with Crippen molar-refractivity contribution in [3.8, 4) is 5.75 Å². The Labute approximate surface area is 132 Å². The molecule has 0 atom stereocenters. The minimum absolute atomic E-state index is 0.00492. The fourth-order valence-corrected chi connectivity index (χ4v) is 1.87. The Morgan fingerprint density at radius 1 is 1.13 bits per heavy atom. The van der Waals surface area contributed by atoms with Gasteiger partial charge >= 0.3 is 6.18 Å². The minimum Gasteiger partial charge on any atom is -0.484 e. The predicted molar refractivity (Wildman–Crippen MR) is 80.0 cm³/mol. The lowest BCUT2D eigenvalue weighted by atomic mass is 10.1. The molecular weight excluding hydrogens is 307 g/mol. The minimum atomic E-state index is -4.44. The van der Waals surface area contributed by atoms with Gasteiger partial charge in [0.1, 0.15) is 5.75 Å². The molecule has 0 aliphatic rings. The quantitative estimate of drug-likeness (QED) is 0.911. The first kappa shape index (κ1) is 16.9. The van der Waals surface area contributed by atoms with E-state index in [0.717, 1.165) is 23.3 Å². The molecule has 2 aromatic carbocycles. The number of benzene rings is 2. The molecule has 0 bridgehead atoms. The average molecular weight is 323 g/mol. The molecule has 0 fully saturated rings. The molecule has 0 saturated heterocycles. The molecule has 1 amide bonds. The molecule has 0 saturated carbocycles. The average Bonchev–Trinajstić information content (AvgIpc) is 2.52. The first-order valence-electron chi connectivity index (χ1n) is 6.97. The molecule has 3 nitrogen and oxygen atoms in total. The highest BCUT2D eigenvalue weighted by Gasteiger charge is 2.30. The Bertz CT molecular complexity index is 666. The second kappa shape index (κ2) is 7.17. The van der Waals surface area contributed by atoms with Crippen molar-refractivity contribution in [2.45, 2.75) is 19.6 Å². The van der Waals surface area contributed by atoms with Crippen LogP contribution in [0, 0.1) is 6.92 Å². The lowest BCUT2D eigenvalue weighted by Crippen LogP contribution is -2.28. The Balaban J connectivity index is 1.83. The van der Waals surface area contributed by atoms with Gasteiger partial charge in [0.05, 0.1) is 5.56 Å². The number of alkyl halides is 3. The maximum atomic E-state index is 12.6. The van der Waals surface area contributed by atoms with Crippen LogP contribution >= 0.6 is 0 Å². The van der Waals surface area contributed by atoms with E-state index in [1.54, 1.807) is 0 Å². The number of carbonyl (C=O) groups excluding carboxylic acids is 1. The molecule has 0 aliphatic heterocycles. The van der Waals surface area contributed by atoms with Gasteiger partial charge in [0, 0.05) is 6.54 Å². The largest absolute Gasteiger partial charge is 0.484 e. The number of hydrogen-bond acceptors (Lipinski definition) is 2. The maximum Gasteiger partial charge on any atom is 0.416 e. The van der Waals surface area contributed by atoms with Gasteiger partial charge in [0.25, 0.3) is 5.91 Å². The molecule has 0 heterocycles. The van der Waals surface area contributed by atoms with Gasteiger partial charge in [0.15, 0.2) is 6.61 Å². The number of halogens is 3. The van der Waals surface area contributed by atoms with Crippen molar-refractivity contribution in [3.63, 3.8) is 0 Å². The van der Waals surface area contributed by atoms with Gasteiger partial charge in [-0.1, -0.05) is 35.9 Å². The second-order valence-corrected chi connectivity index (χ2v) is 5.08. The number of ether oxygens (including phenoxy) is 1. The lowest BCUT2D eigenvalue weighted by Gasteiger charge is -2.10. The number of amides is 1. The Morgan fingerprint density at radius 3 is 2.48 bits per heavy atom. The summed E-state index contributed by atoms with van der Waals surface area (Å²) in [4.78, 5) is 11.7. The highest BCUT2D eigenvalue weighted by molar-refractivity contribution is 5.77. The number of rotatable bonds is 5. The molecule has 0 unspecified atom stereocenters. The second-order valence-electron chi connectivity index (χ2n) is 5.08. The van der Waals surface area contributed by atoms with Gasteiger partial charge in [0.2, 0.25) is 0 Å². The van der Waals surface area contributed by atoms with E-state index in [0.29, 0.717) is 6.54 Å². The van der Waals surface area contributed by atoms with Crippen molar-refractivity contribution in [1.82, 2.24) is 5.32 Å². The summed E-state index contributed by atoms with van der Waals surface area (Å²) in [6, 6.07) is 12.1. The Kier molecular flexibility index (Phi) is 5.26. The third kappa shape index (κ3) is 5.32. The third-order valence-electron chi connectivity index (χ3n) is 3.14. The molecule has 0 spiro atoms. The summed E-state index contributed by atoms with van der Waals surface area (Å²) < 4.78 is 42.8. The van der Waals surface area contributed by atoms with E-state index in [-0.39, 0.29) is 12.4 Å². The molecule has 2 aromatic rings. The molecule has 0 aliphatic carbocycles. The van der Waals surface area contributed by atoms with Crippen LogP contribution in [0.15, 0.2) is 48.5 Å². The molecule has 122 valence electrons. The maximum absolute atomic E-state index is 12.6. The number of aryl methyl sites for hydroxylation is 1. The molecule has 23 heavy (non-hydrogen) atoms. The SMILES string of the molecule is Cc1ccc(CNC(=O)COc2cccc(C(F)(F)F)c2)cc1. The molecule has 0 aromatic heterocycles. The van der Waals surface area contributed by atoms with Gasteiger partial charge in [-0.2, -0.15) is 13.2 Å². The topological polar surface area (TPSA) is 38.3 Å². The molecule has 2 rings (SSSR count). The summed E-state index contributed by atoms with van der Waals surface area (Å²) in [5.41, 5.74) is 1.24. The standard InChI is InChI=1S/C17H16F3NO2/c1-12-5-7-13(8-6-12)10-21-16(22)11-23-15-4-2-3-14(9-15)17(18,19)20/h2-9H,10-11H2,1H3,(H,21,22). The molecule has 6 heteroatoms. The van der Waals surface area contributed by atoms with Crippen LogP contribution in [0.3, 0.4) is 0 Å². The smallest absolute Gasteiger partial charge is 0.416 e. The summed E-state index contributed by atoms with van der Waals surface area (Å²) in [6.45, 7) is 1.96. The third-order valence-corrected chi connectivity index (χ3v) is 3.14. The Morgan fingerprint density at radius 2 is 1.83 bits per heavy atom. The van der Waals surface area contributed by atoms with E-state index < -0.39 is 17.6 Å². The van der Waals surface area contributed by atoms with E-state index in [9.17, 15) is 18.0 Å². The van der Waals surface area contributed by atoms with Crippen LogP contribution in [0.1, 0.15) is 16.7 Å². The van der Waals surface area contributed by atoms with Crippen LogP contribution < -0.4 is 10.1 Å². The van der Waals surface area contributed by atoms with Gasteiger partial charge in [-0.15, -0.1) is 0 Å². The predicted octanol–water partition coefficient (Wildman–Crippen LogP) is 3.71. The number of carbonyl (C=O) groups is 1. The van der Waals surface area contributed by atoms with E-state index in [1.807, 2.05) is 31.2 Å². The van der Waals surface area contributed by atoms with Crippen molar-refractivity contribution in [1.29, 1.82) is 0 Å². The first-order chi connectivity index (χ1) is 10.8. The van der Waals surface area contributed by atoms with Crippen molar-refractivity contribution in [2.24, 2.45) is 0 Å². The fraction of sp³-hybridized carbons (Fsp3) is 0.235. The van der Waals surface area contributed by atoms with Crippen molar-refractivity contribution in [2.75, 3.05) is 6.61 Å². The van der Waals surface area contributed by atoms with Gasteiger partial charge in [-0.25, -0.2) is 0 Å². The molecular formula is C17H16F3NO2. The monoisotopic (exact) mass is 323 g/mol. The van der Waals surface area contributed by atoms with Crippen LogP contribution in [0.2, 0.25) is 0 Å². The molecule has 1 N–H and O–H groups in total. The summed E-state index contributed by atoms with van der Waals surface area (Å²) >= 11 is 0. The highest BCUT2D eigenvalue weighted by Crippen LogP contribution is 2.31. The van der Waals surface area contributed by atoms with E-state index in [4.69, 9.17) is 4.74 Å². The normalized spacial score (nSPS) is 11.1. The summed E-state index contributed by atoms with van der Waals surface area (Å²) in [7, 11) is 0. The first-order valence-corrected chi connectivity index (χ1v) is 6.97. The summed E-state index contributed by atoms with van der Waals surface area (Å²) in [6.07, 6.45) is -4.44. The van der Waals surface area contributed by atoms with Crippen molar-refractivity contribution >= 4 is 5.91 Å². The zero-order valence-corrected chi connectivity index (χ0v) is 12.5. The van der Waals surface area contributed by atoms with E-state index in [2.05, 4.69) is 5.32 Å². The zero-order valence-electron chi connectivity index (χ0n) is 12.5.